The Morgan fingerprint density at radius 3 is 0.756 bits per heavy atom. The number of ether oxygens (including phenoxy) is 12. The third-order valence-corrected chi connectivity index (χ3v) is 14.2. The molecule has 36 nitrogen and oxygen atoms in total. The second-order valence-electron chi connectivity index (χ2n) is 19.3. The van der Waals surface area contributed by atoms with E-state index >= 15 is 0 Å². The highest BCUT2D eigenvalue weighted by Crippen LogP contribution is 2.37. The normalized spacial score (nSPS) is 49.2. The van der Waals surface area contributed by atoms with Gasteiger partial charge in [0.25, 0.3) is 0 Å². The van der Waals surface area contributed by atoms with Gasteiger partial charge in [0.05, 0.1) is 52.9 Å². The fraction of sp³-hybridized carbons (Fsp3) is 1.00. The summed E-state index contributed by atoms with van der Waals surface area (Å²) >= 11 is 0. The number of rotatable bonds is 23. The second kappa shape index (κ2) is 28.9. The molecule has 0 aromatic rings. The molecule has 6 aliphatic rings. The minimum atomic E-state index is -2.24. The highest BCUT2D eigenvalue weighted by atomic mass is 16.8. The number of aliphatic hydroxyl groups excluding tert-OH is 24. The Labute approximate surface area is 440 Å². The molecule has 0 aromatic carbocycles. The van der Waals surface area contributed by atoms with Crippen molar-refractivity contribution in [2.75, 3.05) is 52.9 Å². The highest BCUT2D eigenvalue weighted by molar-refractivity contribution is 5.00. The largest absolute Gasteiger partial charge is 0.394 e. The molecule has 6 heterocycles. The summed E-state index contributed by atoms with van der Waals surface area (Å²) in [7, 11) is 0. The summed E-state index contributed by atoms with van der Waals surface area (Å²) in [6, 6.07) is 0. The number of hydrogen-bond acceptors (Lipinski definition) is 36. The first-order valence-corrected chi connectivity index (χ1v) is 24.6. The molecule has 6 saturated heterocycles. The summed E-state index contributed by atoms with van der Waals surface area (Å²) in [5.74, 6) is 0. The van der Waals surface area contributed by atoms with Crippen molar-refractivity contribution >= 4 is 0 Å². The van der Waals surface area contributed by atoms with Crippen molar-refractivity contribution in [3.63, 3.8) is 0 Å². The van der Waals surface area contributed by atoms with Gasteiger partial charge in [-0.25, -0.2) is 0 Å². The fourth-order valence-electron chi connectivity index (χ4n) is 9.60. The van der Waals surface area contributed by atoms with Gasteiger partial charge in [0.1, 0.15) is 171 Å². The molecule has 36 heteroatoms. The predicted molar refractivity (Wildman–Crippen MR) is 234 cm³/mol. The molecule has 0 aliphatic carbocycles. The molecule has 0 saturated carbocycles. The van der Waals surface area contributed by atoms with Gasteiger partial charge in [-0.15, -0.1) is 0 Å². The molecule has 0 aromatic heterocycles. The first-order valence-electron chi connectivity index (χ1n) is 24.6. The average molecular weight is 1160 g/mol. The molecular formula is C42H74O36. The van der Waals surface area contributed by atoms with Gasteiger partial charge in [0.2, 0.25) is 0 Å². The monoisotopic (exact) mass is 1150 g/mol. The summed E-state index contributed by atoms with van der Waals surface area (Å²) < 4.78 is 66.6. The lowest BCUT2D eigenvalue weighted by molar-refractivity contribution is -0.397. The van der Waals surface area contributed by atoms with Crippen molar-refractivity contribution in [1.82, 2.24) is 0 Å². The minimum Gasteiger partial charge on any atom is -0.394 e. The molecule has 6 aliphatic heterocycles. The van der Waals surface area contributed by atoms with E-state index in [4.69, 9.17) is 56.8 Å². The summed E-state index contributed by atoms with van der Waals surface area (Å²) in [4.78, 5) is 0. The third-order valence-electron chi connectivity index (χ3n) is 14.2. The van der Waals surface area contributed by atoms with Gasteiger partial charge in [-0.3, -0.25) is 0 Å². The Morgan fingerprint density at radius 1 is 0.269 bits per heavy atom. The summed E-state index contributed by atoms with van der Waals surface area (Å²) in [5.41, 5.74) is 0. The van der Waals surface area contributed by atoms with Crippen LogP contribution in [0, 0.1) is 0 Å². The second-order valence-corrected chi connectivity index (χ2v) is 19.3. The van der Waals surface area contributed by atoms with Crippen LogP contribution in [0.25, 0.3) is 0 Å². The first kappa shape index (κ1) is 65.7. The van der Waals surface area contributed by atoms with E-state index in [2.05, 4.69) is 0 Å². The molecule has 0 unspecified atom stereocenters. The van der Waals surface area contributed by atoms with Crippen molar-refractivity contribution < 1.29 is 179 Å². The summed E-state index contributed by atoms with van der Waals surface area (Å²) in [6.07, 6.45) is -66.9. The van der Waals surface area contributed by atoms with Crippen molar-refractivity contribution in [3.8, 4) is 0 Å². The Balaban J connectivity index is 1.06. The van der Waals surface area contributed by atoms with Crippen LogP contribution in [0.5, 0.6) is 0 Å². The molecule has 6 fully saturated rings. The van der Waals surface area contributed by atoms with Crippen LogP contribution in [-0.4, -0.2) is 384 Å². The molecule has 458 valence electrons. The molecule has 78 heavy (non-hydrogen) atoms. The lowest BCUT2D eigenvalue weighted by Crippen LogP contribution is -2.68. The van der Waals surface area contributed by atoms with E-state index in [1.165, 1.54) is 0 Å². The standard InChI is InChI=1S/C42H74O36/c43-1-9(51)17(53)31(10(52)2-44)73-38-26(62)20(56)33(12(4-46)68-38)75-40-28(64)22(58)35(14(6-48)70-40)77-42-30(66)24(60)36(16(8-50)72-42)78-41-29(65)23(59)34(15(7-49)71-41)76-39-27(63)21(57)32(13(5-47)69-39)74-37-25(61)19(55)18(54)11(3-45)67-37/h9-66H,1-8H2/t9-,10+,11+,12+,13+,14+,15+,16+,17-,18+,19-,20+,21+,22+,23+,24+,25-,26-,27-,28-,29-,30-,31+,32+,33+,34+,35+,36+,37-,38-,39-,40-,41-,42-/m0/s1. The molecule has 24 N–H and O–H groups in total. The van der Waals surface area contributed by atoms with Gasteiger partial charge in [0, 0.05) is 0 Å². The summed E-state index contributed by atoms with van der Waals surface area (Å²) in [6.45, 7) is -8.17. The molecule has 0 radical (unpaired) electrons. The van der Waals surface area contributed by atoms with E-state index in [0.717, 1.165) is 0 Å². The zero-order chi connectivity index (χ0) is 57.8. The van der Waals surface area contributed by atoms with E-state index in [1.807, 2.05) is 0 Å². The molecule has 0 spiro atoms. The topological polar surface area (TPSA) is 596 Å². The van der Waals surface area contributed by atoms with Gasteiger partial charge in [0.15, 0.2) is 37.7 Å². The van der Waals surface area contributed by atoms with Crippen molar-refractivity contribution in [3.05, 3.63) is 0 Å². The first-order chi connectivity index (χ1) is 37.0. The van der Waals surface area contributed by atoms with E-state index in [1.54, 1.807) is 0 Å². The zero-order valence-corrected chi connectivity index (χ0v) is 40.9. The Hall–Kier alpha value is -1.44. The van der Waals surface area contributed by atoms with Crippen LogP contribution in [0.1, 0.15) is 0 Å². The van der Waals surface area contributed by atoms with E-state index in [9.17, 15) is 123 Å². The van der Waals surface area contributed by atoms with Crippen LogP contribution in [0.15, 0.2) is 0 Å². The van der Waals surface area contributed by atoms with Crippen LogP contribution >= 0.6 is 0 Å². The maximum absolute atomic E-state index is 11.3. The molecule has 6 rings (SSSR count). The van der Waals surface area contributed by atoms with Gasteiger partial charge in [-0.2, -0.15) is 0 Å². The van der Waals surface area contributed by atoms with Gasteiger partial charge < -0.3 is 179 Å². The number of hydrogen-bond donors (Lipinski definition) is 24. The number of aliphatic hydroxyl groups is 24. The maximum atomic E-state index is 11.3. The van der Waals surface area contributed by atoms with Crippen LogP contribution < -0.4 is 0 Å². The SMILES string of the molecule is OC[C@@H](O)[C@@H](O[C@@H]1O[C@H](CO)[C@@H](O[C@@H]2O[C@H](CO)[C@@H](O[C@@H]3O[C@H](CO)[C@@H](O[C@@H]4O[C@H](CO)[C@@H](O[C@@H]5O[C@H](CO)[C@@H](O[C@@H]6O[C@H](CO)[C@@H](O)[C@H](O)[C@@H]6O)[C@H](O)[C@@H]5O)[C@H](O)[C@@H]4O)[C@H](O)[C@@H]3O)[C@H](O)[C@@H]2O)[C@H](O)[C@@H]1O)[C@@H](O)[C@@H](O)CO. The van der Waals surface area contributed by atoms with Gasteiger partial charge in [-0.1, -0.05) is 0 Å². The van der Waals surface area contributed by atoms with Crippen LogP contribution in [0.3, 0.4) is 0 Å². The van der Waals surface area contributed by atoms with Crippen LogP contribution in [-0.2, 0) is 56.8 Å². The zero-order valence-electron chi connectivity index (χ0n) is 40.9. The maximum Gasteiger partial charge on any atom is 0.187 e. The Bertz CT molecular complexity index is 1760. The van der Waals surface area contributed by atoms with E-state index in [0.29, 0.717) is 0 Å². The highest BCUT2D eigenvalue weighted by Gasteiger charge is 2.58. The quantitative estimate of drug-likeness (QED) is 0.0452. The van der Waals surface area contributed by atoms with Crippen molar-refractivity contribution in [2.24, 2.45) is 0 Å². The van der Waals surface area contributed by atoms with Gasteiger partial charge >= 0.3 is 0 Å². The van der Waals surface area contributed by atoms with Crippen LogP contribution in [0.2, 0.25) is 0 Å². The average Bonchev–Trinajstić information content (AvgIpc) is 3.44. The molecule has 0 amide bonds. The van der Waals surface area contributed by atoms with E-state index in [-0.39, 0.29) is 0 Å². The van der Waals surface area contributed by atoms with Gasteiger partial charge in [-0.05, 0) is 0 Å². The van der Waals surface area contributed by atoms with Crippen molar-refractivity contribution in [2.45, 2.75) is 209 Å². The van der Waals surface area contributed by atoms with Crippen LogP contribution in [0.4, 0.5) is 0 Å². The molecular weight excluding hydrogens is 1080 g/mol. The summed E-state index contributed by atoms with van der Waals surface area (Å²) in [5, 5.41) is 252. The fourth-order valence-corrected chi connectivity index (χ4v) is 9.60. The minimum absolute atomic E-state index is 0.846. The molecule has 34 atom stereocenters. The van der Waals surface area contributed by atoms with Crippen molar-refractivity contribution in [1.29, 1.82) is 0 Å². The predicted octanol–water partition coefficient (Wildman–Crippen LogP) is -16.6. The smallest absolute Gasteiger partial charge is 0.187 e. The Kier molecular flexibility index (Phi) is 24.3. The molecule has 0 bridgehead atoms. The Morgan fingerprint density at radius 2 is 0.500 bits per heavy atom. The van der Waals surface area contributed by atoms with E-state index < -0.39 is 262 Å². The lowest BCUT2D eigenvalue weighted by atomic mass is 9.95. The third kappa shape index (κ3) is 13.9. The lowest BCUT2D eigenvalue weighted by Gasteiger charge is -2.50.